The maximum atomic E-state index is 12.4. The van der Waals surface area contributed by atoms with E-state index in [1.165, 1.54) is 10.4 Å². The summed E-state index contributed by atoms with van der Waals surface area (Å²) < 4.78 is 26.9. The summed E-state index contributed by atoms with van der Waals surface area (Å²) in [5, 5.41) is 8.66. The molecule has 0 spiro atoms. The van der Waals surface area contributed by atoms with E-state index in [9.17, 15) is 13.2 Å². The summed E-state index contributed by atoms with van der Waals surface area (Å²) in [4.78, 5) is 10.5. The Morgan fingerprint density at radius 3 is 2.55 bits per heavy atom. The predicted molar refractivity (Wildman–Crippen MR) is 77.7 cm³/mol. The van der Waals surface area contributed by atoms with E-state index >= 15 is 0 Å². The lowest BCUT2D eigenvalue weighted by atomic mass is 9.93. The number of carboxylic acids is 1. The van der Waals surface area contributed by atoms with Crippen molar-refractivity contribution in [1.29, 1.82) is 0 Å². The molecule has 1 fully saturated rings. The van der Waals surface area contributed by atoms with Crippen molar-refractivity contribution in [3.8, 4) is 0 Å². The Labute approximate surface area is 127 Å². The van der Waals surface area contributed by atoms with Crippen molar-refractivity contribution in [2.24, 2.45) is 5.92 Å². The van der Waals surface area contributed by atoms with Gasteiger partial charge in [-0.15, -0.1) is 11.3 Å². The van der Waals surface area contributed by atoms with E-state index in [4.69, 9.17) is 16.7 Å². The molecule has 1 aromatic rings. The van der Waals surface area contributed by atoms with Crippen LogP contribution in [-0.2, 0) is 14.8 Å². The SMILES string of the molecule is O=C(O)CCC1CCN(S(=O)(=O)c2ccc(Cl)s2)CC1. The lowest BCUT2D eigenvalue weighted by Gasteiger charge is -2.30. The molecule has 112 valence electrons. The Kier molecular flexibility index (Phi) is 5.06. The summed E-state index contributed by atoms with van der Waals surface area (Å²) in [5.74, 6) is -0.502. The van der Waals surface area contributed by atoms with Crippen molar-refractivity contribution < 1.29 is 18.3 Å². The van der Waals surface area contributed by atoms with Crippen LogP contribution in [0, 0.1) is 5.92 Å². The predicted octanol–water partition coefficient (Wildman–Crippen LogP) is 2.67. The van der Waals surface area contributed by atoms with E-state index in [-0.39, 0.29) is 10.6 Å². The minimum atomic E-state index is -3.44. The van der Waals surface area contributed by atoms with Gasteiger partial charge in [0.2, 0.25) is 0 Å². The monoisotopic (exact) mass is 337 g/mol. The van der Waals surface area contributed by atoms with Crippen LogP contribution in [0.2, 0.25) is 4.34 Å². The van der Waals surface area contributed by atoms with Crippen LogP contribution in [0.3, 0.4) is 0 Å². The lowest BCUT2D eigenvalue weighted by molar-refractivity contribution is -0.137. The van der Waals surface area contributed by atoms with Gasteiger partial charge in [0.1, 0.15) is 4.21 Å². The smallest absolute Gasteiger partial charge is 0.303 e. The van der Waals surface area contributed by atoms with Gasteiger partial charge in [0, 0.05) is 19.5 Å². The van der Waals surface area contributed by atoms with Gasteiger partial charge in [-0.1, -0.05) is 11.6 Å². The van der Waals surface area contributed by atoms with Gasteiger partial charge in [0.15, 0.2) is 0 Å². The van der Waals surface area contributed by atoms with Crippen LogP contribution in [0.15, 0.2) is 16.3 Å². The van der Waals surface area contributed by atoms with Crippen molar-refractivity contribution >= 4 is 38.9 Å². The average molecular weight is 338 g/mol. The molecular weight excluding hydrogens is 322 g/mol. The van der Waals surface area contributed by atoms with Gasteiger partial charge in [-0.2, -0.15) is 4.31 Å². The summed E-state index contributed by atoms with van der Waals surface area (Å²) in [6.07, 6.45) is 2.20. The van der Waals surface area contributed by atoms with Crippen LogP contribution >= 0.6 is 22.9 Å². The molecule has 2 rings (SSSR count). The number of sulfonamides is 1. The molecule has 1 aromatic heterocycles. The highest BCUT2D eigenvalue weighted by atomic mass is 35.5. The fourth-order valence-corrected chi connectivity index (χ4v) is 5.44. The van der Waals surface area contributed by atoms with Gasteiger partial charge in [0.25, 0.3) is 10.0 Å². The molecule has 20 heavy (non-hydrogen) atoms. The summed E-state index contributed by atoms with van der Waals surface area (Å²) in [6, 6.07) is 3.11. The summed E-state index contributed by atoms with van der Waals surface area (Å²) >= 11 is 6.84. The quantitative estimate of drug-likeness (QED) is 0.896. The molecule has 0 bridgehead atoms. The van der Waals surface area contributed by atoms with E-state index in [1.807, 2.05) is 0 Å². The van der Waals surface area contributed by atoms with Crippen molar-refractivity contribution in [3.63, 3.8) is 0 Å². The maximum Gasteiger partial charge on any atom is 0.303 e. The molecule has 0 aliphatic carbocycles. The second-order valence-corrected chi connectivity index (χ2v) is 8.72. The number of carboxylic acid groups (broad SMARTS) is 1. The Bertz CT molecular complexity index is 576. The molecule has 1 aliphatic rings. The molecule has 1 saturated heterocycles. The molecule has 0 amide bonds. The highest BCUT2D eigenvalue weighted by Gasteiger charge is 2.30. The minimum absolute atomic E-state index is 0.151. The number of piperidine rings is 1. The van der Waals surface area contributed by atoms with E-state index in [0.717, 1.165) is 11.3 Å². The Morgan fingerprint density at radius 2 is 2.05 bits per heavy atom. The van der Waals surface area contributed by atoms with Crippen LogP contribution in [-0.4, -0.2) is 36.9 Å². The molecule has 8 heteroatoms. The van der Waals surface area contributed by atoms with Crippen molar-refractivity contribution in [3.05, 3.63) is 16.5 Å². The topological polar surface area (TPSA) is 74.7 Å². The Morgan fingerprint density at radius 1 is 1.40 bits per heavy atom. The number of rotatable bonds is 5. The largest absolute Gasteiger partial charge is 0.481 e. The zero-order valence-corrected chi connectivity index (χ0v) is 13.2. The fraction of sp³-hybridized carbons (Fsp3) is 0.583. The van der Waals surface area contributed by atoms with E-state index < -0.39 is 16.0 Å². The first-order chi connectivity index (χ1) is 9.39. The number of halogens is 1. The molecule has 0 radical (unpaired) electrons. The summed E-state index contributed by atoms with van der Waals surface area (Å²) in [5.41, 5.74) is 0. The number of thiophene rings is 1. The highest BCUT2D eigenvalue weighted by Crippen LogP contribution is 2.31. The number of hydrogen-bond donors (Lipinski definition) is 1. The molecule has 0 saturated carbocycles. The number of carbonyl (C=O) groups is 1. The Hall–Kier alpha value is -0.630. The average Bonchev–Trinajstić information content (AvgIpc) is 2.84. The molecule has 1 aliphatic heterocycles. The highest BCUT2D eigenvalue weighted by molar-refractivity contribution is 7.91. The standard InChI is InChI=1S/C12H16ClNO4S2/c13-10-2-4-12(19-10)20(17,18)14-7-5-9(6-8-14)1-3-11(15)16/h2,4,9H,1,3,5-8H2,(H,15,16). The maximum absolute atomic E-state index is 12.4. The molecule has 0 unspecified atom stereocenters. The first kappa shape index (κ1) is 15.8. The molecule has 1 N–H and O–H groups in total. The molecule has 0 atom stereocenters. The summed E-state index contributed by atoms with van der Waals surface area (Å²) in [7, 11) is -3.44. The van der Waals surface area contributed by atoms with Crippen LogP contribution < -0.4 is 0 Å². The first-order valence-corrected chi connectivity index (χ1v) is 9.00. The van der Waals surface area contributed by atoms with Crippen LogP contribution in [0.25, 0.3) is 0 Å². The lowest BCUT2D eigenvalue weighted by Crippen LogP contribution is -2.38. The van der Waals surface area contributed by atoms with Gasteiger partial charge in [-0.3, -0.25) is 4.79 Å². The van der Waals surface area contributed by atoms with Gasteiger partial charge < -0.3 is 5.11 Å². The number of aliphatic carboxylic acids is 1. The Balaban J connectivity index is 1.95. The van der Waals surface area contributed by atoms with Crippen LogP contribution in [0.5, 0.6) is 0 Å². The molecule has 0 aromatic carbocycles. The third kappa shape index (κ3) is 3.72. The summed E-state index contributed by atoms with van der Waals surface area (Å²) in [6.45, 7) is 0.893. The fourth-order valence-electron chi connectivity index (χ4n) is 2.33. The normalized spacial score (nSPS) is 18.2. The second kappa shape index (κ2) is 6.43. The number of hydrogen-bond acceptors (Lipinski definition) is 4. The second-order valence-electron chi connectivity index (χ2n) is 4.84. The minimum Gasteiger partial charge on any atom is -0.481 e. The molecule has 2 heterocycles. The van der Waals surface area contributed by atoms with Gasteiger partial charge in [0.05, 0.1) is 4.34 Å². The number of nitrogens with zero attached hydrogens (tertiary/aromatic N) is 1. The third-order valence-corrected chi connectivity index (χ3v) is 7.08. The molecule has 5 nitrogen and oxygen atoms in total. The zero-order chi connectivity index (χ0) is 14.8. The van der Waals surface area contributed by atoms with Crippen LogP contribution in [0.4, 0.5) is 0 Å². The third-order valence-electron chi connectivity index (χ3n) is 3.48. The van der Waals surface area contributed by atoms with Gasteiger partial charge in [-0.05, 0) is 37.3 Å². The van der Waals surface area contributed by atoms with E-state index in [1.54, 1.807) is 6.07 Å². The van der Waals surface area contributed by atoms with Crippen molar-refractivity contribution in [2.75, 3.05) is 13.1 Å². The van der Waals surface area contributed by atoms with E-state index in [0.29, 0.717) is 42.6 Å². The van der Waals surface area contributed by atoms with Gasteiger partial charge in [-0.25, -0.2) is 8.42 Å². The zero-order valence-electron chi connectivity index (χ0n) is 10.8. The van der Waals surface area contributed by atoms with Crippen molar-refractivity contribution in [2.45, 2.75) is 29.9 Å². The van der Waals surface area contributed by atoms with Gasteiger partial charge >= 0.3 is 5.97 Å². The van der Waals surface area contributed by atoms with Crippen LogP contribution in [0.1, 0.15) is 25.7 Å². The molecular formula is C12H16ClNO4S2. The van der Waals surface area contributed by atoms with E-state index in [2.05, 4.69) is 0 Å². The first-order valence-electron chi connectivity index (χ1n) is 6.37. The van der Waals surface area contributed by atoms with Crippen molar-refractivity contribution in [1.82, 2.24) is 4.31 Å².